The number of nitrogens with zero attached hydrogens (tertiary/aromatic N) is 2. The Morgan fingerprint density at radius 2 is 2.33 bits per heavy atom. The fourth-order valence-electron chi connectivity index (χ4n) is 2.76. The molecule has 0 saturated heterocycles. The van der Waals surface area contributed by atoms with Crippen molar-refractivity contribution < 1.29 is 9.53 Å². The van der Waals surface area contributed by atoms with Crippen LogP contribution in [0.15, 0.2) is 35.6 Å². The number of carbonyl (C=O) groups excluding carboxylic acids is 1. The molecule has 1 aliphatic rings. The molecule has 1 aliphatic carbocycles. The molecule has 126 valence electrons. The molecule has 1 atom stereocenters. The highest BCUT2D eigenvalue weighted by molar-refractivity contribution is 7.99. The Hall–Kier alpha value is -1.79. The van der Waals surface area contributed by atoms with E-state index in [1.165, 1.54) is 22.9 Å². The number of rotatable bonds is 6. The molecule has 0 aliphatic heterocycles. The van der Waals surface area contributed by atoms with Crippen LogP contribution < -0.4 is 5.32 Å². The van der Waals surface area contributed by atoms with Gasteiger partial charge in [0.05, 0.1) is 30.8 Å². The van der Waals surface area contributed by atoms with Crippen LogP contribution in [0.25, 0.3) is 0 Å². The molecule has 0 spiro atoms. The second kappa shape index (κ2) is 7.85. The Kier molecular flexibility index (Phi) is 5.58. The number of carbonyl (C=O) groups is 1. The fraction of sp³-hybridized carbons (Fsp3) is 0.353. The lowest BCUT2D eigenvalue weighted by atomic mass is 10.1. The Labute approximate surface area is 150 Å². The lowest BCUT2D eigenvalue weighted by Gasteiger charge is -2.15. The first kappa shape index (κ1) is 17.0. The minimum Gasteiger partial charge on any atom is -0.465 e. The van der Waals surface area contributed by atoms with Crippen molar-refractivity contribution in [3.8, 4) is 0 Å². The highest BCUT2D eigenvalue weighted by atomic mass is 35.5. The smallest absolute Gasteiger partial charge is 0.316 e. The van der Waals surface area contributed by atoms with E-state index < -0.39 is 0 Å². The van der Waals surface area contributed by atoms with E-state index in [0.717, 1.165) is 17.9 Å². The van der Waals surface area contributed by atoms with Gasteiger partial charge < -0.3 is 10.1 Å². The average molecular weight is 364 g/mol. The van der Waals surface area contributed by atoms with Gasteiger partial charge >= 0.3 is 5.97 Å². The number of benzene rings is 1. The van der Waals surface area contributed by atoms with E-state index in [1.54, 1.807) is 19.3 Å². The number of hydrogen-bond donors (Lipinski definition) is 1. The van der Waals surface area contributed by atoms with Gasteiger partial charge in [-0.05, 0) is 37.0 Å². The first-order chi connectivity index (χ1) is 11.7. The molecule has 0 bridgehead atoms. The first-order valence-electron chi connectivity index (χ1n) is 7.81. The van der Waals surface area contributed by atoms with E-state index in [1.807, 2.05) is 12.1 Å². The van der Waals surface area contributed by atoms with E-state index in [9.17, 15) is 4.79 Å². The zero-order valence-electron chi connectivity index (χ0n) is 13.3. The van der Waals surface area contributed by atoms with Gasteiger partial charge in [0.1, 0.15) is 10.8 Å². The Balaban J connectivity index is 1.66. The number of halogens is 1. The summed E-state index contributed by atoms with van der Waals surface area (Å²) in [6, 6.07) is 6.17. The number of fused-ring (bicyclic) bond motifs is 1. The van der Waals surface area contributed by atoms with Crippen molar-refractivity contribution >= 4 is 35.1 Å². The predicted octanol–water partition coefficient (Wildman–Crippen LogP) is 3.88. The molecule has 0 saturated carbocycles. The minimum absolute atomic E-state index is 0.179. The fourth-order valence-corrected chi connectivity index (χ4v) is 3.68. The maximum absolute atomic E-state index is 11.4. The largest absolute Gasteiger partial charge is 0.465 e. The number of thioether (sulfide) groups is 1. The summed E-state index contributed by atoms with van der Waals surface area (Å²) in [5.41, 5.74) is 2.42. The van der Waals surface area contributed by atoms with Crippen molar-refractivity contribution in [3.63, 3.8) is 0 Å². The zero-order chi connectivity index (χ0) is 16.9. The highest BCUT2D eigenvalue weighted by Crippen LogP contribution is 2.37. The zero-order valence-corrected chi connectivity index (χ0v) is 14.9. The molecule has 1 unspecified atom stereocenters. The maximum Gasteiger partial charge on any atom is 0.316 e. The third-order valence-corrected chi connectivity index (χ3v) is 5.02. The summed E-state index contributed by atoms with van der Waals surface area (Å²) in [5.74, 6) is 0.678. The summed E-state index contributed by atoms with van der Waals surface area (Å²) in [5, 5.41) is 4.93. The van der Waals surface area contributed by atoms with Gasteiger partial charge in [-0.2, -0.15) is 0 Å². The SMILES string of the molecule is CCOC(=O)CSc1cncc(NC2CCc3c(Cl)cccc32)n1. The molecular formula is C17H18ClN3O2S. The van der Waals surface area contributed by atoms with Gasteiger partial charge in [0.2, 0.25) is 0 Å². The molecule has 2 aromatic rings. The normalized spacial score (nSPS) is 15.8. The van der Waals surface area contributed by atoms with E-state index in [4.69, 9.17) is 16.3 Å². The standard InChI is InChI=1S/C17H18ClN3O2S/c1-2-23-17(22)10-24-16-9-19-8-15(21-16)20-14-7-6-11-12(14)4-3-5-13(11)18/h3-5,8-9,14H,2,6-7,10H2,1H3,(H,20,21). The van der Waals surface area contributed by atoms with Crippen LogP contribution >= 0.6 is 23.4 Å². The topological polar surface area (TPSA) is 64.1 Å². The quantitative estimate of drug-likeness (QED) is 0.620. The van der Waals surface area contributed by atoms with Crippen LogP contribution in [0.5, 0.6) is 0 Å². The first-order valence-corrected chi connectivity index (χ1v) is 9.18. The molecule has 1 aromatic heterocycles. The van der Waals surface area contributed by atoms with E-state index in [-0.39, 0.29) is 17.8 Å². The van der Waals surface area contributed by atoms with Crippen molar-refractivity contribution in [2.75, 3.05) is 17.7 Å². The van der Waals surface area contributed by atoms with Gasteiger partial charge in [-0.1, -0.05) is 35.5 Å². The van der Waals surface area contributed by atoms with E-state index in [0.29, 0.717) is 17.5 Å². The van der Waals surface area contributed by atoms with Gasteiger partial charge in [0, 0.05) is 5.02 Å². The molecule has 0 radical (unpaired) electrons. The molecule has 1 heterocycles. The third kappa shape index (κ3) is 3.99. The number of ether oxygens (including phenoxy) is 1. The van der Waals surface area contributed by atoms with E-state index in [2.05, 4.69) is 21.4 Å². The molecule has 3 rings (SSSR count). The van der Waals surface area contributed by atoms with Crippen molar-refractivity contribution in [3.05, 3.63) is 46.7 Å². The monoisotopic (exact) mass is 363 g/mol. The van der Waals surface area contributed by atoms with Crippen LogP contribution in [0.1, 0.15) is 30.5 Å². The second-order valence-electron chi connectivity index (χ2n) is 5.38. The predicted molar refractivity (Wildman–Crippen MR) is 95.5 cm³/mol. The summed E-state index contributed by atoms with van der Waals surface area (Å²) in [6.07, 6.45) is 5.27. The highest BCUT2D eigenvalue weighted by Gasteiger charge is 2.24. The van der Waals surface area contributed by atoms with Crippen LogP contribution in [0.4, 0.5) is 5.82 Å². The van der Waals surface area contributed by atoms with Gasteiger partial charge in [0.25, 0.3) is 0 Å². The minimum atomic E-state index is -0.248. The second-order valence-corrected chi connectivity index (χ2v) is 6.78. The molecule has 7 heteroatoms. The number of aromatic nitrogens is 2. The number of esters is 1. The summed E-state index contributed by atoms with van der Waals surface area (Å²) < 4.78 is 4.92. The lowest BCUT2D eigenvalue weighted by Crippen LogP contribution is -2.10. The van der Waals surface area contributed by atoms with Crippen LogP contribution in [0, 0.1) is 0 Å². The van der Waals surface area contributed by atoms with Crippen molar-refractivity contribution in [1.29, 1.82) is 0 Å². The molecule has 1 aromatic carbocycles. The average Bonchev–Trinajstić information content (AvgIpc) is 2.98. The van der Waals surface area contributed by atoms with Gasteiger partial charge in [-0.3, -0.25) is 9.78 Å². The molecular weight excluding hydrogens is 346 g/mol. The summed E-state index contributed by atoms with van der Waals surface area (Å²) >= 11 is 7.58. The van der Waals surface area contributed by atoms with Crippen LogP contribution in [-0.2, 0) is 16.0 Å². The Morgan fingerprint density at radius 3 is 3.17 bits per heavy atom. The van der Waals surface area contributed by atoms with Gasteiger partial charge in [-0.15, -0.1) is 0 Å². The van der Waals surface area contributed by atoms with Crippen LogP contribution in [0.3, 0.4) is 0 Å². The molecule has 24 heavy (non-hydrogen) atoms. The van der Waals surface area contributed by atoms with Crippen molar-refractivity contribution in [2.24, 2.45) is 0 Å². The molecule has 0 amide bonds. The van der Waals surface area contributed by atoms with E-state index >= 15 is 0 Å². The lowest BCUT2D eigenvalue weighted by molar-refractivity contribution is -0.139. The molecule has 5 nitrogen and oxygen atoms in total. The van der Waals surface area contributed by atoms with Crippen molar-refractivity contribution in [1.82, 2.24) is 9.97 Å². The van der Waals surface area contributed by atoms with Crippen LogP contribution in [0.2, 0.25) is 5.02 Å². The third-order valence-electron chi connectivity index (χ3n) is 3.79. The Bertz CT molecular complexity index is 742. The molecule has 0 fully saturated rings. The van der Waals surface area contributed by atoms with Gasteiger partial charge in [-0.25, -0.2) is 4.98 Å². The van der Waals surface area contributed by atoms with Gasteiger partial charge in [0.15, 0.2) is 0 Å². The number of anilines is 1. The summed E-state index contributed by atoms with van der Waals surface area (Å²) in [6.45, 7) is 2.18. The maximum atomic E-state index is 11.4. The molecule has 1 N–H and O–H groups in total. The number of nitrogens with one attached hydrogen (secondary N) is 1. The Morgan fingerprint density at radius 1 is 1.46 bits per heavy atom. The van der Waals surface area contributed by atoms with Crippen LogP contribution in [-0.4, -0.2) is 28.3 Å². The number of hydrogen-bond acceptors (Lipinski definition) is 6. The summed E-state index contributed by atoms with van der Waals surface area (Å²) in [7, 11) is 0. The van der Waals surface area contributed by atoms with Crippen molar-refractivity contribution in [2.45, 2.75) is 30.8 Å². The summed E-state index contributed by atoms with van der Waals surface area (Å²) in [4.78, 5) is 20.1.